The van der Waals surface area contributed by atoms with Crippen molar-refractivity contribution < 1.29 is 15.0 Å². The van der Waals surface area contributed by atoms with Crippen LogP contribution in [-0.4, -0.2) is 16.5 Å². The number of aliphatic hydroxyl groups excluding tert-OH is 1. The van der Waals surface area contributed by atoms with Gasteiger partial charge in [0.05, 0.1) is 6.61 Å². The van der Waals surface area contributed by atoms with Crippen molar-refractivity contribution in [1.29, 1.82) is 0 Å². The molecule has 0 unspecified atom stereocenters. The summed E-state index contributed by atoms with van der Waals surface area (Å²) in [6.45, 7) is -0.0917. The van der Waals surface area contributed by atoms with E-state index in [1.165, 1.54) is 17.4 Å². The Bertz CT molecular complexity index is 487. The first-order valence-corrected chi connectivity index (χ1v) is 4.93. The lowest BCUT2D eigenvalue weighted by Gasteiger charge is -1.99. The Labute approximate surface area is 84.2 Å². The molecule has 0 atom stereocenters. The standard InChI is InChI=1S/C10H8O3S/c11-3-6-1-8(13)2-9-10(6)7(4-12)5-14-9/h1-3,5,12-13H,4H2. The van der Waals surface area contributed by atoms with Crippen molar-refractivity contribution in [3.8, 4) is 5.75 Å². The van der Waals surface area contributed by atoms with E-state index in [2.05, 4.69) is 0 Å². The molecule has 2 rings (SSSR count). The molecule has 4 heteroatoms. The van der Waals surface area contributed by atoms with E-state index in [4.69, 9.17) is 5.11 Å². The number of carbonyl (C=O) groups is 1. The van der Waals surface area contributed by atoms with Gasteiger partial charge in [0.25, 0.3) is 0 Å². The van der Waals surface area contributed by atoms with Crippen LogP contribution in [0.5, 0.6) is 5.75 Å². The van der Waals surface area contributed by atoms with Gasteiger partial charge in [-0.25, -0.2) is 0 Å². The highest BCUT2D eigenvalue weighted by molar-refractivity contribution is 7.17. The maximum atomic E-state index is 10.8. The van der Waals surface area contributed by atoms with Gasteiger partial charge in [-0.3, -0.25) is 4.79 Å². The summed E-state index contributed by atoms with van der Waals surface area (Å²) in [6.07, 6.45) is 0.688. The predicted molar refractivity (Wildman–Crippen MR) is 54.8 cm³/mol. The van der Waals surface area contributed by atoms with Crippen LogP contribution in [0.1, 0.15) is 15.9 Å². The topological polar surface area (TPSA) is 57.5 Å². The second kappa shape index (κ2) is 3.40. The minimum Gasteiger partial charge on any atom is -0.508 e. The zero-order chi connectivity index (χ0) is 10.1. The van der Waals surface area contributed by atoms with Gasteiger partial charge in [0.1, 0.15) is 5.75 Å². The van der Waals surface area contributed by atoms with Crippen LogP contribution < -0.4 is 0 Å². The molecule has 0 aliphatic heterocycles. The van der Waals surface area contributed by atoms with E-state index in [1.54, 1.807) is 11.4 Å². The molecule has 72 valence electrons. The quantitative estimate of drug-likeness (QED) is 0.741. The molecule has 1 heterocycles. The Morgan fingerprint density at radius 3 is 2.86 bits per heavy atom. The molecular formula is C10H8O3S. The van der Waals surface area contributed by atoms with Crippen molar-refractivity contribution in [2.24, 2.45) is 0 Å². The molecule has 0 fully saturated rings. The number of thiophene rings is 1. The number of hydrogen-bond acceptors (Lipinski definition) is 4. The molecule has 0 bridgehead atoms. The summed E-state index contributed by atoms with van der Waals surface area (Å²) in [6, 6.07) is 2.99. The minimum absolute atomic E-state index is 0.0749. The van der Waals surface area contributed by atoms with Gasteiger partial charge in [-0.15, -0.1) is 11.3 Å². The van der Waals surface area contributed by atoms with Crippen LogP contribution in [0, 0.1) is 0 Å². The Morgan fingerprint density at radius 1 is 1.43 bits per heavy atom. The number of phenolic OH excluding ortho intramolecular Hbond substituents is 1. The number of phenols is 1. The number of aromatic hydroxyl groups is 1. The summed E-state index contributed by atoms with van der Waals surface area (Å²) in [7, 11) is 0. The summed E-state index contributed by atoms with van der Waals surface area (Å²) < 4.78 is 0.816. The maximum absolute atomic E-state index is 10.8. The maximum Gasteiger partial charge on any atom is 0.150 e. The number of benzene rings is 1. The molecule has 2 aromatic rings. The SMILES string of the molecule is O=Cc1cc(O)cc2scc(CO)c12. The average Bonchev–Trinajstić information content (AvgIpc) is 2.59. The molecule has 0 aliphatic carbocycles. The van der Waals surface area contributed by atoms with Crippen LogP contribution in [0.25, 0.3) is 10.1 Å². The van der Waals surface area contributed by atoms with Crippen molar-refractivity contribution in [3.05, 3.63) is 28.6 Å². The highest BCUT2D eigenvalue weighted by atomic mass is 32.1. The van der Waals surface area contributed by atoms with E-state index in [1.807, 2.05) is 0 Å². The van der Waals surface area contributed by atoms with Crippen LogP contribution in [0.3, 0.4) is 0 Å². The van der Waals surface area contributed by atoms with Crippen molar-refractivity contribution >= 4 is 27.7 Å². The van der Waals surface area contributed by atoms with Crippen LogP contribution >= 0.6 is 11.3 Å². The molecule has 3 nitrogen and oxygen atoms in total. The van der Waals surface area contributed by atoms with E-state index in [-0.39, 0.29) is 12.4 Å². The second-order valence-corrected chi connectivity index (χ2v) is 3.86. The van der Waals surface area contributed by atoms with Crippen LogP contribution in [-0.2, 0) is 6.61 Å². The van der Waals surface area contributed by atoms with E-state index in [0.717, 1.165) is 15.6 Å². The molecule has 0 spiro atoms. The Kier molecular flexibility index (Phi) is 2.23. The number of rotatable bonds is 2. The fraction of sp³-hybridized carbons (Fsp3) is 0.100. The number of carbonyl (C=O) groups excluding carboxylic acids is 1. The zero-order valence-electron chi connectivity index (χ0n) is 7.23. The van der Waals surface area contributed by atoms with Crippen molar-refractivity contribution in [2.75, 3.05) is 0 Å². The van der Waals surface area contributed by atoms with Gasteiger partial charge in [-0.05, 0) is 23.1 Å². The third-order valence-electron chi connectivity index (χ3n) is 2.06. The molecule has 14 heavy (non-hydrogen) atoms. The summed E-state index contributed by atoms with van der Waals surface area (Å²) >= 11 is 1.40. The zero-order valence-corrected chi connectivity index (χ0v) is 8.04. The molecule has 0 amide bonds. The van der Waals surface area contributed by atoms with Crippen LogP contribution in [0.15, 0.2) is 17.5 Å². The van der Waals surface area contributed by atoms with Gasteiger partial charge >= 0.3 is 0 Å². The first kappa shape index (κ1) is 9.18. The molecule has 0 aliphatic rings. The highest BCUT2D eigenvalue weighted by Gasteiger charge is 2.09. The lowest BCUT2D eigenvalue weighted by atomic mass is 10.1. The first-order valence-electron chi connectivity index (χ1n) is 4.05. The Balaban J connectivity index is 2.85. The smallest absolute Gasteiger partial charge is 0.150 e. The van der Waals surface area contributed by atoms with Crippen LogP contribution in [0.4, 0.5) is 0 Å². The van der Waals surface area contributed by atoms with Gasteiger partial charge in [0, 0.05) is 15.6 Å². The lowest BCUT2D eigenvalue weighted by molar-refractivity contribution is 0.112. The Hall–Kier alpha value is -1.39. The largest absolute Gasteiger partial charge is 0.508 e. The lowest BCUT2D eigenvalue weighted by Crippen LogP contribution is -1.86. The molecule has 0 saturated carbocycles. The number of aliphatic hydroxyl groups is 1. The highest BCUT2D eigenvalue weighted by Crippen LogP contribution is 2.31. The Morgan fingerprint density at radius 2 is 2.21 bits per heavy atom. The fourth-order valence-corrected chi connectivity index (χ4v) is 2.48. The molecule has 1 aromatic carbocycles. The van der Waals surface area contributed by atoms with Crippen LogP contribution in [0.2, 0.25) is 0 Å². The fourth-order valence-electron chi connectivity index (χ4n) is 1.46. The predicted octanol–water partition coefficient (Wildman–Crippen LogP) is 1.91. The summed E-state index contributed by atoms with van der Waals surface area (Å²) in [5.74, 6) is 0.0749. The van der Waals surface area contributed by atoms with E-state index in [0.29, 0.717) is 11.8 Å². The summed E-state index contributed by atoms with van der Waals surface area (Å²) in [5, 5.41) is 20.9. The molecular weight excluding hydrogens is 200 g/mol. The van der Waals surface area contributed by atoms with E-state index >= 15 is 0 Å². The average molecular weight is 208 g/mol. The first-order chi connectivity index (χ1) is 6.76. The molecule has 2 N–H and O–H groups in total. The number of aldehydes is 1. The van der Waals surface area contributed by atoms with E-state index < -0.39 is 0 Å². The molecule has 0 saturated heterocycles. The second-order valence-electron chi connectivity index (χ2n) is 2.95. The minimum atomic E-state index is -0.0917. The summed E-state index contributed by atoms with van der Waals surface area (Å²) in [4.78, 5) is 10.8. The van der Waals surface area contributed by atoms with Crippen molar-refractivity contribution in [2.45, 2.75) is 6.61 Å². The van der Waals surface area contributed by atoms with Crippen molar-refractivity contribution in [1.82, 2.24) is 0 Å². The van der Waals surface area contributed by atoms with E-state index in [9.17, 15) is 9.90 Å². The van der Waals surface area contributed by atoms with Gasteiger partial charge in [-0.1, -0.05) is 0 Å². The normalized spacial score (nSPS) is 10.6. The third kappa shape index (κ3) is 1.29. The monoisotopic (exact) mass is 208 g/mol. The molecule has 1 aromatic heterocycles. The third-order valence-corrected chi connectivity index (χ3v) is 3.04. The molecule has 0 radical (unpaired) electrons. The number of fused-ring (bicyclic) bond motifs is 1. The number of hydrogen-bond donors (Lipinski definition) is 2. The van der Waals surface area contributed by atoms with Crippen molar-refractivity contribution in [3.63, 3.8) is 0 Å². The van der Waals surface area contributed by atoms with Gasteiger partial charge < -0.3 is 10.2 Å². The van der Waals surface area contributed by atoms with Gasteiger partial charge in [0.15, 0.2) is 6.29 Å². The summed E-state index contributed by atoms with van der Waals surface area (Å²) in [5.41, 5.74) is 1.15. The van der Waals surface area contributed by atoms with Gasteiger partial charge in [-0.2, -0.15) is 0 Å². The van der Waals surface area contributed by atoms with Gasteiger partial charge in [0.2, 0.25) is 0 Å².